The maximum Gasteiger partial charge on any atom is 0.407 e. The quantitative estimate of drug-likeness (QED) is 0.217. The van der Waals surface area contributed by atoms with E-state index < -0.39 is 11.6 Å². The van der Waals surface area contributed by atoms with Crippen LogP contribution in [0.5, 0.6) is 5.75 Å². The van der Waals surface area contributed by atoms with E-state index >= 15 is 0 Å². The molecule has 234 valence electrons. The van der Waals surface area contributed by atoms with Gasteiger partial charge in [0.1, 0.15) is 11.4 Å². The second kappa shape index (κ2) is 16.3. The first-order valence-corrected chi connectivity index (χ1v) is 16.2. The van der Waals surface area contributed by atoms with Crippen molar-refractivity contribution in [2.75, 3.05) is 39.3 Å². The normalized spacial score (nSPS) is 15.2. The summed E-state index contributed by atoms with van der Waals surface area (Å²) < 4.78 is 6.27. The van der Waals surface area contributed by atoms with Crippen LogP contribution in [0.15, 0.2) is 54.6 Å². The SMILES string of the molecule is CC(C)(C)Oc1ccccc1CN(CCCCCCN1CCC(Cc2ccccc2)CC1)CCN(C(=O)O)C(C)(C)C. The van der Waals surface area contributed by atoms with Crippen molar-refractivity contribution in [1.29, 1.82) is 0 Å². The summed E-state index contributed by atoms with van der Waals surface area (Å²) >= 11 is 0. The summed E-state index contributed by atoms with van der Waals surface area (Å²) in [5.74, 6) is 1.73. The summed E-state index contributed by atoms with van der Waals surface area (Å²) in [6, 6.07) is 19.2. The van der Waals surface area contributed by atoms with Crippen molar-refractivity contribution in [1.82, 2.24) is 14.7 Å². The summed E-state index contributed by atoms with van der Waals surface area (Å²) in [5, 5.41) is 9.83. The molecule has 1 N–H and O–H groups in total. The van der Waals surface area contributed by atoms with Gasteiger partial charge < -0.3 is 19.6 Å². The molecule has 1 heterocycles. The zero-order chi connectivity index (χ0) is 30.6. The molecule has 6 nitrogen and oxygen atoms in total. The van der Waals surface area contributed by atoms with Crippen molar-refractivity contribution in [2.45, 2.75) is 104 Å². The summed E-state index contributed by atoms with van der Waals surface area (Å²) in [7, 11) is 0. The molecule has 3 rings (SSSR count). The average Bonchev–Trinajstić information content (AvgIpc) is 2.91. The molecule has 0 aromatic heterocycles. The van der Waals surface area contributed by atoms with Crippen molar-refractivity contribution in [2.24, 2.45) is 5.92 Å². The number of para-hydroxylation sites is 1. The third-order valence-corrected chi connectivity index (χ3v) is 8.24. The number of rotatable bonds is 15. The van der Waals surface area contributed by atoms with E-state index in [4.69, 9.17) is 4.74 Å². The number of unbranched alkanes of at least 4 members (excludes halogenated alkanes) is 3. The average molecular weight is 580 g/mol. The number of piperidine rings is 1. The van der Waals surface area contributed by atoms with Gasteiger partial charge in [-0.3, -0.25) is 4.90 Å². The van der Waals surface area contributed by atoms with Crippen LogP contribution in [0.1, 0.15) is 91.2 Å². The van der Waals surface area contributed by atoms with Gasteiger partial charge in [0.15, 0.2) is 0 Å². The van der Waals surface area contributed by atoms with Crippen molar-refractivity contribution in [3.8, 4) is 5.75 Å². The molecule has 2 aromatic rings. The van der Waals surface area contributed by atoms with Crippen molar-refractivity contribution < 1.29 is 14.6 Å². The summed E-state index contributed by atoms with van der Waals surface area (Å²) in [6.45, 7) is 18.7. The molecule has 1 fully saturated rings. The van der Waals surface area contributed by atoms with E-state index in [0.29, 0.717) is 13.1 Å². The zero-order valence-electron chi connectivity index (χ0n) is 27.3. The molecule has 0 bridgehead atoms. The summed E-state index contributed by atoms with van der Waals surface area (Å²) in [6.07, 6.45) is 7.79. The molecule has 1 aliphatic heterocycles. The third-order valence-electron chi connectivity index (χ3n) is 8.24. The van der Waals surface area contributed by atoms with Crippen LogP contribution in [0.4, 0.5) is 4.79 Å². The highest BCUT2D eigenvalue weighted by atomic mass is 16.5. The Morgan fingerprint density at radius 3 is 2.14 bits per heavy atom. The minimum atomic E-state index is -0.858. The molecule has 1 amide bonds. The van der Waals surface area contributed by atoms with Gasteiger partial charge in [-0.1, -0.05) is 61.4 Å². The highest BCUT2D eigenvalue weighted by Crippen LogP contribution is 2.25. The Morgan fingerprint density at radius 1 is 0.857 bits per heavy atom. The van der Waals surface area contributed by atoms with Gasteiger partial charge >= 0.3 is 6.09 Å². The lowest BCUT2D eigenvalue weighted by Crippen LogP contribution is -2.48. The maximum absolute atomic E-state index is 12.0. The minimum Gasteiger partial charge on any atom is -0.488 e. The molecule has 0 unspecified atom stereocenters. The van der Waals surface area contributed by atoms with Crippen LogP contribution in [0.25, 0.3) is 0 Å². The Balaban J connectivity index is 1.45. The fourth-order valence-electron chi connectivity index (χ4n) is 5.92. The van der Waals surface area contributed by atoms with Gasteiger partial charge in [-0.15, -0.1) is 0 Å². The lowest BCUT2D eigenvalue weighted by Gasteiger charge is -2.35. The number of hydrogen-bond acceptors (Lipinski definition) is 4. The van der Waals surface area contributed by atoms with Crippen LogP contribution < -0.4 is 4.74 Å². The number of amides is 1. The second-order valence-electron chi connectivity index (χ2n) is 14.1. The van der Waals surface area contributed by atoms with Gasteiger partial charge in [0.2, 0.25) is 0 Å². The van der Waals surface area contributed by atoms with Crippen LogP contribution in [0.2, 0.25) is 0 Å². The molecule has 0 spiro atoms. The summed E-state index contributed by atoms with van der Waals surface area (Å²) in [4.78, 5) is 18.6. The Hall–Kier alpha value is -2.57. The zero-order valence-corrected chi connectivity index (χ0v) is 27.3. The number of carbonyl (C=O) groups is 1. The molecule has 2 aromatic carbocycles. The van der Waals surface area contributed by atoms with E-state index in [1.54, 1.807) is 4.90 Å². The predicted molar refractivity (Wildman–Crippen MR) is 174 cm³/mol. The molecule has 42 heavy (non-hydrogen) atoms. The van der Waals surface area contributed by atoms with E-state index in [2.05, 4.69) is 73.0 Å². The molecule has 1 saturated heterocycles. The van der Waals surface area contributed by atoms with Crippen LogP contribution >= 0.6 is 0 Å². The monoisotopic (exact) mass is 579 g/mol. The number of benzene rings is 2. The largest absolute Gasteiger partial charge is 0.488 e. The minimum absolute atomic E-state index is 0.273. The van der Waals surface area contributed by atoms with E-state index in [1.165, 1.54) is 63.7 Å². The second-order valence-corrected chi connectivity index (χ2v) is 14.1. The van der Waals surface area contributed by atoms with E-state index in [0.717, 1.165) is 36.7 Å². The van der Waals surface area contributed by atoms with Crippen molar-refractivity contribution >= 4 is 6.09 Å². The molecule has 6 heteroatoms. The van der Waals surface area contributed by atoms with Gasteiger partial charge in [-0.2, -0.15) is 0 Å². The molecule has 0 aliphatic carbocycles. The Morgan fingerprint density at radius 2 is 1.50 bits per heavy atom. The highest BCUT2D eigenvalue weighted by molar-refractivity contribution is 5.66. The lowest BCUT2D eigenvalue weighted by atomic mass is 9.90. The Bertz CT molecular complexity index is 1050. The van der Waals surface area contributed by atoms with Crippen molar-refractivity contribution in [3.05, 3.63) is 65.7 Å². The molecular weight excluding hydrogens is 522 g/mol. The Labute approximate surface area is 256 Å². The van der Waals surface area contributed by atoms with Gasteiger partial charge in [-0.05, 0) is 117 Å². The van der Waals surface area contributed by atoms with Crippen LogP contribution in [0.3, 0.4) is 0 Å². The molecule has 0 saturated carbocycles. The van der Waals surface area contributed by atoms with Crippen molar-refractivity contribution in [3.63, 3.8) is 0 Å². The highest BCUT2D eigenvalue weighted by Gasteiger charge is 2.26. The Kier molecular flexibility index (Phi) is 13.2. The van der Waals surface area contributed by atoms with Crippen LogP contribution in [-0.4, -0.2) is 76.3 Å². The number of hydrogen-bond donors (Lipinski definition) is 1. The summed E-state index contributed by atoms with van der Waals surface area (Å²) in [5.41, 5.74) is 1.93. The number of ether oxygens (including phenoxy) is 1. The fraction of sp³-hybridized carbons (Fsp3) is 0.639. The van der Waals surface area contributed by atoms with E-state index in [1.807, 2.05) is 32.9 Å². The smallest absolute Gasteiger partial charge is 0.407 e. The number of carboxylic acid groups (broad SMARTS) is 1. The van der Waals surface area contributed by atoms with Crippen LogP contribution in [0, 0.1) is 5.92 Å². The van der Waals surface area contributed by atoms with Gasteiger partial charge in [0, 0.05) is 30.7 Å². The number of likely N-dealkylation sites (tertiary alicyclic amines) is 1. The maximum atomic E-state index is 12.0. The predicted octanol–water partition coefficient (Wildman–Crippen LogP) is 7.96. The number of nitrogens with zero attached hydrogens (tertiary/aromatic N) is 3. The van der Waals surface area contributed by atoms with E-state index in [-0.39, 0.29) is 5.60 Å². The van der Waals surface area contributed by atoms with E-state index in [9.17, 15) is 9.90 Å². The standard InChI is InChI=1S/C36H57N3O3/c1-35(2,3)39(34(40)41)27-26-38(29-32-18-12-13-19-33(32)42-36(4,5)6)23-15-8-7-14-22-37-24-20-31(21-25-37)28-30-16-10-9-11-17-30/h9-13,16-19,31H,7-8,14-15,20-29H2,1-6H3,(H,40,41). The fourth-order valence-corrected chi connectivity index (χ4v) is 5.92. The lowest BCUT2D eigenvalue weighted by molar-refractivity contribution is 0.0887. The topological polar surface area (TPSA) is 56.2 Å². The molecular formula is C36H57N3O3. The molecule has 0 radical (unpaired) electrons. The first-order chi connectivity index (χ1) is 19.9. The first kappa shape index (κ1) is 33.9. The van der Waals surface area contributed by atoms with Gasteiger partial charge in [0.25, 0.3) is 0 Å². The molecule has 1 aliphatic rings. The van der Waals surface area contributed by atoms with Gasteiger partial charge in [0.05, 0.1) is 0 Å². The van der Waals surface area contributed by atoms with Crippen LogP contribution in [-0.2, 0) is 13.0 Å². The van der Waals surface area contributed by atoms with Gasteiger partial charge in [-0.25, -0.2) is 4.79 Å². The third kappa shape index (κ3) is 12.3. The first-order valence-electron chi connectivity index (χ1n) is 16.2. The molecule has 0 atom stereocenters.